The number of aromatic nitrogens is 1. The summed E-state index contributed by atoms with van der Waals surface area (Å²) in [6.45, 7) is 3.39. The molecule has 82 valence electrons. The Morgan fingerprint density at radius 1 is 1.20 bits per heavy atom. The summed E-state index contributed by atoms with van der Waals surface area (Å²) in [7, 11) is 0. The van der Waals surface area contributed by atoms with Gasteiger partial charge in [-0.25, -0.2) is 5.01 Å². The summed E-state index contributed by atoms with van der Waals surface area (Å²) in [5.41, 5.74) is 4.63. The molecule has 2 rings (SSSR count). The van der Waals surface area contributed by atoms with Crippen LogP contribution in [0.3, 0.4) is 0 Å². The average molecular weight is 205 g/mol. The monoisotopic (exact) mass is 205 g/mol. The second kappa shape index (κ2) is 5.83. The molecular formula is C12H19N3. The molecule has 0 spiro atoms. The van der Waals surface area contributed by atoms with Crippen molar-refractivity contribution >= 4 is 0 Å². The van der Waals surface area contributed by atoms with E-state index in [9.17, 15) is 0 Å². The molecule has 0 aliphatic carbocycles. The van der Waals surface area contributed by atoms with Crippen LogP contribution in [0, 0.1) is 0 Å². The largest absolute Gasteiger partial charge is 0.261 e. The number of nitrogens with one attached hydrogen (secondary N) is 1. The number of pyridine rings is 1. The lowest BCUT2D eigenvalue weighted by atomic mass is 10.2. The number of rotatable bonds is 4. The number of nitrogens with zero attached hydrogens (tertiary/aromatic N) is 2. The molecule has 0 amide bonds. The Hall–Kier alpha value is -0.930. The zero-order chi connectivity index (χ0) is 10.3. The predicted molar refractivity (Wildman–Crippen MR) is 61.4 cm³/mol. The second-order valence-corrected chi connectivity index (χ2v) is 4.03. The Kier molecular flexibility index (Phi) is 4.11. The Bertz CT molecular complexity index is 267. The summed E-state index contributed by atoms with van der Waals surface area (Å²) < 4.78 is 0. The van der Waals surface area contributed by atoms with E-state index in [0.717, 1.165) is 13.0 Å². The molecule has 2 heterocycles. The van der Waals surface area contributed by atoms with Crippen LogP contribution in [0.15, 0.2) is 24.4 Å². The van der Waals surface area contributed by atoms with Crippen molar-refractivity contribution in [1.82, 2.24) is 15.4 Å². The lowest BCUT2D eigenvalue weighted by molar-refractivity contribution is 0.155. The van der Waals surface area contributed by atoms with Gasteiger partial charge >= 0.3 is 0 Å². The standard InChI is InChI=1S/C12H19N3/c1-4-10-15(11-5-1)14-9-7-12-6-2-3-8-13-12/h2-3,6,8,14H,1,4-5,7,9-11H2. The fourth-order valence-corrected chi connectivity index (χ4v) is 1.94. The molecule has 1 aromatic heterocycles. The van der Waals surface area contributed by atoms with Crippen LogP contribution in [0.4, 0.5) is 0 Å². The maximum Gasteiger partial charge on any atom is 0.0416 e. The first kappa shape index (κ1) is 10.6. The van der Waals surface area contributed by atoms with E-state index >= 15 is 0 Å². The zero-order valence-corrected chi connectivity index (χ0v) is 9.15. The molecule has 0 radical (unpaired) electrons. The average Bonchev–Trinajstić information content (AvgIpc) is 2.32. The van der Waals surface area contributed by atoms with E-state index in [1.165, 1.54) is 38.0 Å². The smallest absolute Gasteiger partial charge is 0.0416 e. The van der Waals surface area contributed by atoms with Gasteiger partial charge in [0, 0.05) is 37.9 Å². The van der Waals surface area contributed by atoms with E-state index in [0.29, 0.717) is 0 Å². The first-order chi connectivity index (χ1) is 7.45. The Labute approximate surface area is 91.5 Å². The fourth-order valence-electron chi connectivity index (χ4n) is 1.94. The minimum absolute atomic E-state index is 0.997. The third-order valence-corrected chi connectivity index (χ3v) is 2.80. The van der Waals surface area contributed by atoms with Crippen molar-refractivity contribution in [1.29, 1.82) is 0 Å². The quantitative estimate of drug-likeness (QED) is 0.809. The molecule has 15 heavy (non-hydrogen) atoms. The molecule has 0 atom stereocenters. The summed E-state index contributed by atoms with van der Waals surface area (Å²) in [5.74, 6) is 0. The number of hydrogen-bond donors (Lipinski definition) is 1. The maximum absolute atomic E-state index is 4.30. The molecular weight excluding hydrogens is 186 g/mol. The van der Waals surface area contributed by atoms with Crippen molar-refractivity contribution < 1.29 is 0 Å². The van der Waals surface area contributed by atoms with Crippen LogP contribution >= 0.6 is 0 Å². The third-order valence-electron chi connectivity index (χ3n) is 2.80. The van der Waals surface area contributed by atoms with E-state index in [4.69, 9.17) is 0 Å². The van der Waals surface area contributed by atoms with Gasteiger partial charge in [0.1, 0.15) is 0 Å². The second-order valence-electron chi connectivity index (χ2n) is 4.03. The third kappa shape index (κ3) is 3.61. The molecule has 0 unspecified atom stereocenters. The van der Waals surface area contributed by atoms with Crippen molar-refractivity contribution in [3.05, 3.63) is 30.1 Å². The number of hydrazine groups is 1. The van der Waals surface area contributed by atoms with E-state index in [1.54, 1.807) is 0 Å². The van der Waals surface area contributed by atoms with Gasteiger partial charge in [0.05, 0.1) is 0 Å². The molecule has 1 N–H and O–H groups in total. The summed E-state index contributed by atoms with van der Waals surface area (Å²) in [4.78, 5) is 4.30. The van der Waals surface area contributed by atoms with Gasteiger partial charge < -0.3 is 0 Å². The first-order valence-electron chi connectivity index (χ1n) is 5.83. The highest BCUT2D eigenvalue weighted by Crippen LogP contribution is 2.05. The van der Waals surface area contributed by atoms with Crippen molar-refractivity contribution in [3.63, 3.8) is 0 Å². The summed E-state index contributed by atoms with van der Waals surface area (Å²) in [6, 6.07) is 6.09. The van der Waals surface area contributed by atoms with Gasteiger partial charge in [0.2, 0.25) is 0 Å². The molecule has 1 saturated heterocycles. The minimum Gasteiger partial charge on any atom is -0.261 e. The lowest BCUT2D eigenvalue weighted by Gasteiger charge is -2.26. The summed E-state index contributed by atoms with van der Waals surface area (Å²) >= 11 is 0. The van der Waals surface area contributed by atoms with E-state index < -0.39 is 0 Å². The molecule has 1 fully saturated rings. The maximum atomic E-state index is 4.30. The van der Waals surface area contributed by atoms with E-state index in [2.05, 4.69) is 21.5 Å². The summed E-state index contributed by atoms with van der Waals surface area (Å²) in [5, 5.41) is 2.34. The topological polar surface area (TPSA) is 28.2 Å². The number of piperidine rings is 1. The van der Waals surface area contributed by atoms with Crippen molar-refractivity contribution in [2.45, 2.75) is 25.7 Å². The van der Waals surface area contributed by atoms with Crippen molar-refractivity contribution in [2.24, 2.45) is 0 Å². The van der Waals surface area contributed by atoms with Crippen LogP contribution in [-0.2, 0) is 6.42 Å². The fraction of sp³-hybridized carbons (Fsp3) is 0.583. The van der Waals surface area contributed by atoms with Crippen LogP contribution in [0.25, 0.3) is 0 Å². The number of hydrogen-bond acceptors (Lipinski definition) is 3. The van der Waals surface area contributed by atoms with Crippen LogP contribution < -0.4 is 5.43 Å². The minimum atomic E-state index is 0.997. The highest BCUT2D eigenvalue weighted by atomic mass is 15.5. The SMILES string of the molecule is c1ccc(CCNN2CCCCC2)nc1. The molecule has 0 aromatic carbocycles. The molecule has 0 saturated carbocycles. The highest BCUT2D eigenvalue weighted by Gasteiger charge is 2.08. The van der Waals surface area contributed by atoms with Crippen LogP contribution in [0.5, 0.6) is 0 Å². The van der Waals surface area contributed by atoms with Gasteiger partial charge in [-0.05, 0) is 25.0 Å². The first-order valence-corrected chi connectivity index (χ1v) is 5.83. The molecule has 3 heteroatoms. The Morgan fingerprint density at radius 2 is 2.07 bits per heavy atom. The molecule has 1 aliphatic heterocycles. The van der Waals surface area contributed by atoms with Crippen molar-refractivity contribution in [2.75, 3.05) is 19.6 Å². The molecule has 0 bridgehead atoms. The van der Waals surface area contributed by atoms with Gasteiger partial charge in [0.25, 0.3) is 0 Å². The van der Waals surface area contributed by atoms with Gasteiger partial charge in [0.15, 0.2) is 0 Å². The van der Waals surface area contributed by atoms with Gasteiger partial charge in [-0.15, -0.1) is 0 Å². The molecule has 3 nitrogen and oxygen atoms in total. The van der Waals surface area contributed by atoms with Crippen LogP contribution in [-0.4, -0.2) is 29.6 Å². The van der Waals surface area contributed by atoms with Gasteiger partial charge in [-0.1, -0.05) is 12.5 Å². The van der Waals surface area contributed by atoms with E-state index in [-0.39, 0.29) is 0 Å². The molecule has 1 aliphatic rings. The highest BCUT2D eigenvalue weighted by molar-refractivity contribution is 5.03. The van der Waals surface area contributed by atoms with Gasteiger partial charge in [-0.3, -0.25) is 10.4 Å². The molecule has 1 aromatic rings. The van der Waals surface area contributed by atoms with Crippen LogP contribution in [0.1, 0.15) is 25.0 Å². The summed E-state index contributed by atoms with van der Waals surface area (Å²) in [6.07, 6.45) is 6.92. The normalized spacial score (nSPS) is 17.9. The Balaban J connectivity index is 1.66. The van der Waals surface area contributed by atoms with E-state index in [1.807, 2.05) is 18.3 Å². The predicted octanol–water partition coefficient (Wildman–Crippen LogP) is 1.61. The Morgan fingerprint density at radius 3 is 2.80 bits per heavy atom. The lowest BCUT2D eigenvalue weighted by Crippen LogP contribution is -2.42. The van der Waals surface area contributed by atoms with Crippen LogP contribution in [0.2, 0.25) is 0 Å². The van der Waals surface area contributed by atoms with Gasteiger partial charge in [-0.2, -0.15) is 0 Å². The van der Waals surface area contributed by atoms with Crippen molar-refractivity contribution in [3.8, 4) is 0 Å². The zero-order valence-electron chi connectivity index (χ0n) is 9.15.